The molecule has 0 saturated carbocycles. The fourth-order valence-corrected chi connectivity index (χ4v) is 4.42. The van der Waals surface area contributed by atoms with Gasteiger partial charge in [0.25, 0.3) is 0 Å². The minimum atomic E-state index is -0.340. The minimum Gasteiger partial charge on any atom is -0.460 e. The van der Waals surface area contributed by atoms with Crippen molar-refractivity contribution in [2.75, 3.05) is 19.8 Å². The minimum absolute atomic E-state index is 0.0725. The van der Waals surface area contributed by atoms with Crippen LogP contribution in [0.5, 0.6) is 0 Å². The predicted octanol–water partition coefficient (Wildman–Crippen LogP) is 5.58. The first-order valence-corrected chi connectivity index (χ1v) is 11.9. The predicted molar refractivity (Wildman–Crippen MR) is 117 cm³/mol. The Labute approximate surface area is 178 Å². The number of carbonyl (C=O) groups is 1. The standard InChI is InChI=1S/C24H43NO4/c1-5-7-9-11-13-15-21-25-22(16-14-12-10-8-6-2)28-18-24(25,17-27-21)19-29-23(26)20(3)4/h21-22H,3,5-19H2,1-2,4H3. The molecular formula is C24H43NO4. The second-order valence-corrected chi connectivity index (χ2v) is 8.93. The summed E-state index contributed by atoms with van der Waals surface area (Å²) >= 11 is 0. The zero-order chi connectivity index (χ0) is 21.1. The van der Waals surface area contributed by atoms with Gasteiger partial charge in [0.1, 0.15) is 24.6 Å². The molecular weight excluding hydrogens is 366 g/mol. The Morgan fingerprint density at radius 3 is 1.86 bits per heavy atom. The fourth-order valence-electron chi connectivity index (χ4n) is 4.42. The molecule has 0 spiro atoms. The van der Waals surface area contributed by atoms with E-state index in [0.29, 0.717) is 25.4 Å². The van der Waals surface area contributed by atoms with Crippen LogP contribution in [0.1, 0.15) is 97.8 Å². The summed E-state index contributed by atoms with van der Waals surface area (Å²) in [5.74, 6) is -0.328. The molecule has 0 radical (unpaired) electrons. The van der Waals surface area contributed by atoms with Crippen LogP contribution in [-0.4, -0.2) is 48.7 Å². The van der Waals surface area contributed by atoms with E-state index in [9.17, 15) is 4.79 Å². The van der Waals surface area contributed by atoms with Crippen LogP contribution < -0.4 is 0 Å². The monoisotopic (exact) mass is 409 g/mol. The van der Waals surface area contributed by atoms with E-state index in [1.807, 2.05) is 0 Å². The molecule has 2 fully saturated rings. The first-order chi connectivity index (χ1) is 14.0. The van der Waals surface area contributed by atoms with E-state index in [2.05, 4.69) is 25.3 Å². The molecule has 5 heteroatoms. The molecule has 2 aliphatic heterocycles. The summed E-state index contributed by atoms with van der Waals surface area (Å²) in [6, 6.07) is 0. The summed E-state index contributed by atoms with van der Waals surface area (Å²) in [7, 11) is 0. The van der Waals surface area contributed by atoms with Crippen molar-refractivity contribution < 1.29 is 19.0 Å². The number of carbonyl (C=O) groups excluding carboxylic acids is 1. The molecule has 2 atom stereocenters. The van der Waals surface area contributed by atoms with Crippen molar-refractivity contribution in [2.45, 2.75) is 116 Å². The van der Waals surface area contributed by atoms with Gasteiger partial charge in [0.05, 0.1) is 13.2 Å². The lowest BCUT2D eigenvalue weighted by Gasteiger charge is -2.33. The van der Waals surface area contributed by atoms with Gasteiger partial charge in [-0.05, 0) is 32.6 Å². The van der Waals surface area contributed by atoms with Crippen LogP contribution in [0.2, 0.25) is 0 Å². The molecule has 0 aromatic carbocycles. The topological polar surface area (TPSA) is 48.0 Å². The molecule has 0 aromatic heterocycles. The highest BCUT2D eigenvalue weighted by Crippen LogP contribution is 2.40. The van der Waals surface area contributed by atoms with Crippen molar-refractivity contribution >= 4 is 5.97 Å². The van der Waals surface area contributed by atoms with Gasteiger partial charge in [-0.2, -0.15) is 0 Å². The van der Waals surface area contributed by atoms with Gasteiger partial charge >= 0.3 is 5.97 Å². The lowest BCUT2D eigenvalue weighted by Crippen LogP contribution is -2.52. The van der Waals surface area contributed by atoms with E-state index in [0.717, 1.165) is 12.8 Å². The number of esters is 1. The average molecular weight is 410 g/mol. The first kappa shape index (κ1) is 24.4. The van der Waals surface area contributed by atoms with E-state index in [1.165, 1.54) is 64.2 Å². The zero-order valence-electron chi connectivity index (χ0n) is 19.0. The Bertz CT molecular complexity index is 481. The SMILES string of the molecule is C=C(C)C(=O)OCC12COC(CCCCCCC)N1C(CCCCCCC)OC2. The van der Waals surface area contributed by atoms with E-state index in [4.69, 9.17) is 14.2 Å². The molecule has 0 bridgehead atoms. The number of nitrogens with zero attached hydrogens (tertiary/aromatic N) is 1. The third kappa shape index (κ3) is 7.08. The van der Waals surface area contributed by atoms with Crippen LogP contribution in [0.4, 0.5) is 0 Å². The Balaban J connectivity index is 1.94. The highest BCUT2D eigenvalue weighted by atomic mass is 16.6. The molecule has 29 heavy (non-hydrogen) atoms. The summed E-state index contributed by atoms with van der Waals surface area (Å²) < 4.78 is 18.0. The molecule has 2 unspecified atom stereocenters. The molecule has 0 amide bonds. The summed E-state index contributed by atoms with van der Waals surface area (Å²) in [5.41, 5.74) is 0.0959. The maximum Gasteiger partial charge on any atom is 0.333 e. The number of hydrogen-bond donors (Lipinski definition) is 0. The zero-order valence-corrected chi connectivity index (χ0v) is 19.0. The van der Waals surface area contributed by atoms with E-state index in [1.54, 1.807) is 6.92 Å². The molecule has 2 rings (SSSR count). The molecule has 2 saturated heterocycles. The lowest BCUT2D eigenvalue weighted by atomic mass is 10.0. The average Bonchev–Trinajstić information content (AvgIpc) is 3.24. The van der Waals surface area contributed by atoms with Crippen LogP contribution in [0.25, 0.3) is 0 Å². The maximum absolute atomic E-state index is 12.0. The van der Waals surface area contributed by atoms with Gasteiger partial charge in [0.2, 0.25) is 0 Å². The third-order valence-corrected chi connectivity index (χ3v) is 6.19. The molecule has 168 valence electrons. The fraction of sp³-hybridized carbons (Fsp3) is 0.875. The van der Waals surface area contributed by atoms with Crippen molar-refractivity contribution in [1.82, 2.24) is 4.90 Å². The summed E-state index contributed by atoms with van der Waals surface area (Å²) in [6.07, 6.45) is 14.8. The van der Waals surface area contributed by atoms with Crippen molar-refractivity contribution in [3.05, 3.63) is 12.2 Å². The Morgan fingerprint density at radius 1 is 0.931 bits per heavy atom. The van der Waals surface area contributed by atoms with Crippen LogP contribution >= 0.6 is 0 Å². The quantitative estimate of drug-likeness (QED) is 0.201. The van der Waals surface area contributed by atoms with Crippen LogP contribution in [-0.2, 0) is 19.0 Å². The number of fused-ring (bicyclic) bond motifs is 1. The van der Waals surface area contributed by atoms with Gasteiger partial charge in [-0.25, -0.2) is 9.69 Å². The number of hydrogen-bond acceptors (Lipinski definition) is 5. The normalized spacial score (nSPS) is 26.6. The smallest absolute Gasteiger partial charge is 0.333 e. The largest absolute Gasteiger partial charge is 0.460 e. The second-order valence-electron chi connectivity index (χ2n) is 8.93. The number of ether oxygens (including phenoxy) is 3. The van der Waals surface area contributed by atoms with E-state index >= 15 is 0 Å². The van der Waals surface area contributed by atoms with Crippen molar-refractivity contribution in [1.29, 1.82) is 0 Å². The first-order valence-electron chi connectivity index (χ1n) is 11.9. The van der Waals surface area contributed by atoms with Crippen LogP contribution in [0.3, 0.4) is 0 Å². The van der Waals surface area contributed by atoms with Gasteiger partial charge in [-0.3, -0.25) is 0 Å². The van der Waals surface area contributed by atoms with Crippen LogP contribution in [0, 0.1) is 0 Å². The summed E-state index contributed by atoms with van der Waals surface area (Å²) in [4.78, 5) is 14.4. The lowest BCUT2D eigenvalue weighted by molar-refractivity contribution is -0.142. The van der Waals surface area contributed by atoms with Gasteiger partial charge in [-0.15, -0.1) is 0 Å². The number of rotatable bonds is 15. The van der Waals surface area contributed by atoms with Crippen molar-refractivity contribution in [3.63, 3.8) is 0 Å². The molecule has 2 aliphatic rings. The second kappa shape index (κ2) is 12.7. The van der Waals surface area contributed by atoms with Gasteiger partial charge in [0.15, 0.2) is 0 Å². The Morgan fingerprint density at radius 2 is 1.41 bits per heavy atom. The third-order valence-electron chi connectivity index (χ3n) is 6.19. The Hall–Kier alpha value is -0.910. The summed E-state index contributed by atoms with van der Waals surface area (Å²) in [6.45, 7) is 11.3. The molecule has 0 aliphatic carbocycles. The summed E-state index contributed by atoms with van der Waals surface area (Å²) in [5, 5.41) is 0. The highest BCUT2D eigenvalue weighted by Gasteiger charge is 2.56. The molecule has 0 aromatic rings. The van der Waals surface area contributed by atoms with E-state index in [-0.39, 0.29) is 24.0 Å². The molecule has 5 nitrogen and oxygen atoms in total. The maximum atomic E-state index is 12.0. The van der Waals surface area contributed by atoms with Gasteiger partial charge in [-0.1, -0.05) is 71.8 Å². The van der Waals surface area contributed by atoms with Crippen LogP contribution in [0.15, 0.2) is 12.2 Å². The van der Waals surface area contributed by atoms with Gasteiger partial charge < -0.3 is 14.2 Å². The van der Waals surface area contributed by atoms with Crippen molar-refractivity contribution in [3.8, 4) is 0 Å². The van der Waals surface area contributed by atoms with Crippen molar-refractivity contribution in [2.24, 2.45) is 0 Å². The molecule has 0 N–H and O–H groups in total. The molecule has 2 heterocycles. The van der Waals surface area contributed by atoms with Gasteiger partial charge in [0, 0.05) is 5.57 Å². The number of unbranched alkanes of at least 4 members (excludes halogenated alkanes) is 8. The Kier molecular flexibility index (Phi) is 10.7. The highest BCUT2D eigenvalue weighted by molar-refractivity contribution is 5.86. The van der Waals surface area contributed by atoms with E-state index < -0.39 is 0 Å².